The number of hydrogen-bond donors (Lipinski definition) is 2. The molecule has 0 fully saturated rings. The van der Waals surface area contributed by atoms with Crippen LogP contribution in [-0.4, -0.2) is 21.9 Å². The number of carbonyl (C=O) groups excluding carboxylic acids is 1. The molecule has 5 nitrogen and oxygen atoms in total. The van der Waals surface area contributed by atoms with Crippen molar-refractivity contribution in [3.8, 4) is 0 Å². The Morgan fingerprint density at radius 1 is 1.45 bits per heavy atom. The third-order valence-corrected chi connectivity index (χ3v) is 3.41. The van der Waals surface area contributed by atoms with E-state index < -0.39 is 11.9 Å². The molecule has 6 heteroatoms. The molecule has 0 saturated carbocycles. The van der Waals surface area contributed by atoms with Gasteiger partial charge in [0.1, 0.15) is 24.0 Å². The number of primary amides is 1. The van der Waals surface area contributed by atoms with Gasteiger partial charge in [0.25, 0.3) is 0 Å². The van der Waals surface area contributed by atoms with Gasteiger partial charge in [-0.1, -0.05) is 20.3 Å². The first-order valence-corrected chi connectivity index (χ1v) is 6.49. The van der Waals surface area contributed by atoms with Crippen LogP contribution in [0.1, 0.15) is 20.3 Å². The monoisotopic (exact) mass is 276 g/mol. The number of nitrogens with one attached hydrogen (secondary N) is 1. The molecule has 1 heterocycles. The van der Waals surface area contributed by atoms with E-state index in [0.717, 1.165) is 6.42 Å². The topological polar surface area (TPSA) is 80.9 Å². The molecule has 20 heavy (non-hydrogen) atoms. The average Bonchev–Trinajstić information content (AvgIpc) is 2.43. The minimum atomic E-state index is -0.554. The fourth-order valence-corrected chi connectivity index (χ4v) is 2.02. The SMILES string of the molecule is CCC(C)C(Nc1ncnc2ccc(F)cc12)C(N)=O. The molecule has 2 rings (SSSR count). The number of benzene rings is 1. The van der Waals surface area contributed by atoms with Crippen LogP contribution in [-0.2, 0) is 4.79 Å². The summed E-state index contributed by atoms with van der Waals surface area (Å²) in [5, 5.41) is 3.54. The summed E-state index contributed by atoms with van der Waals surface area (Å²) in [7, 11) is 0. The van der Waals surface area contributed by atoms with E-state index in [1.54, 1.807) is 6.07 Å². The molecule has 2 unspecified atom stereocenters. The van der Waals surface area contributed by atoms with Gasteiger partial charge in [0.2, 0.25) is 5.91 Å². The lowest BCUT2D eigenvalue weighted by atomic mass is 9.98. The average molecular weight is 276 g/mol. The Morgan fingerprint density at radius 2 is 2.20 bits per heavy atom. The highest BCUT2D eigenvalue weighted by Crippen LogP contribution is 2.22. The van der Waals surface area contributed by atoms with Gasteiger partial charge in [-0.05, 0) is 24.1 Å². The van der Waals surface area contributed by atoms with Gasteiger partial charge in [-0.25, -0.2) is 14.4 Å². The smallest absolute Gasteiger partial charge is 0.240 e. The summed E-state index contributed by atoms with van der Waals surface area (Å²) in [6, 6.07) is 3.69. The Morgan fingerprint density at radius 3 is 2.85 bits per heavy atom. The number of nitrogens with two attached hydrogens (primary N) is 1. The fourth-order valence-electron chi connectivity index (χ4n) is 2.02. The molecule has 106 valence electrons. The fraction of sp³-hybridized carbons (Fsp3) is 0.357. The molecule has 0 saturated heterocycles. The van der Waals surface area contributed by atoms with Crippen molar-refractivity contribution in [2.24, 2.45) is 11.7 Å². The first-order valence-electron chi connectivity index (χ1n) is 6.49. The van der Waals surface area contributed by atoms with Crippen molar-refractivity contribution in [1.29, 1.82) is 0 Å². The Hall–Kier alpha value is -2.24. The zero-order chi connectivity index (χ0) is 14.7. The van der Waals surface area contributed by atoms with Crippen molar-refractivity contribution in [3.63, 3.8) is 0 Å². The minimum Gasteiger partial charge on any atom is -0.368 e. The highest BCUT2D eigenvalue weighted by atomic mass is 19.1. The number of amides is 1. The molecule has 2 atom stereocenters. The quantitative estimate of drug-likeness (QED) is 0.876. The maximum Gasteiger partial charge on any atom is 0.240 e. The number of anilines is 1. The van der Waals surface area contributed by atoms with Crippen LogP contribution in [0.5, 0.6) is 0 Å². The third kappa shape index (κ3) is 2.84. The number of nitrogens with zero attached hydrogens (tertiary/aromatic N) is 2. The van der Waals surface area contributed by atoms with Crippen LogP contribution >= 0.6 is 0 Å². The second-order valence-electron chi connectivity index (χ2n) is 4.79. The van der Waals surface area contributed by atoms with Gasteiger partial charge >= 0.3 is 0 Å². The number of fused-ring (bicyclic) bond motifs is 1. The van der Waals surface area contributed by atoms with Gasteiger partial charge in [-0.3, -0.25) is 4.79 Å². The van der Waals surface area contributed by atoms with Gasteiger partial charge in [-0.2, -0.15) is 0 Å². The van der Waals surface area contributed by atoms with Crippen molar-refractivity contribution in [3.05, 3.63) is 30.3 Å². The molecule has 2 aromatic rings. The zero-order valence-electron chi connectivity index (χ0n) is 11.4. The van der Waals surface area contributed by atoms with Gasteiger partial charge in [-0.15, -0.1) is 0 Å². The number of rotatable bonds is 5. The molecule has 0 spiro atoms. The first-order chi connectivity index (χ1) is 9.52. The Balaban J connectivity index is 2.42. The normalized spacial score (nSPS) is 13.9. The Bertz CT molecular complexity index is 632. The molecule has 0 radical (unpaired) electrons. The van der Waals surface area contributed by atoms with E-state index >= 15 is 0 Å². The molecule has 0 bridgehead atoms. The standard InChI is InChI=1S/C14H17FN4O/c1-3-8(2)12(13(16)20)19-14-10-6-9(15)4-5-11(10)17-7-18-14/h4-8,12H,3H2,1-2H3,(H2,16,20)(H,17,18,19). The summed E-state index contributed by atoms with van der Waals surface area (Å²) >= 11 is 0. The van der Waals surface area contributed by atoms with Crippen LogP contribution in [0.25, 0.3) is 10.9 Å². The third-order valence-electron chi connectivity index (χ3n) is 3.41. The van der Waals surface area contributed by atoms with E-state index in [4.69, 9.17) is 5.73 Å². The minimum absolute atomic E-state index is 0.0473. The van der Waals surface area contributed by atoms with E-state index in [9.17, 15) is 9.18 Å². The summed E-state index contributed by atoms with van der Waals surface area (Å²) < 4.78 is 13.4. The molecule has 0 aliphatic carbocycles. The molecule has 3 N–H and O–H groups in total. The number of carbonyl (C=O) groups is 1. The van der Waals surface area contributed by atoms with E-state index in [1.165, 1.54) is 18.5 Å². The van der Waals surface area contributed by atoms with Crippen molar-refractivity contribution >= 4 is 22.6 Å². The van der Waals surface area contributed by atoms with Gasteiger partial charge < -0.3 is 11.1 Å². The van der Waals surface area contributed by atoms with E-state index in [0.29, 0.717) is 16.7 Å². The molecule has 0 aliphatic rings. The maximum absolute atomic E-state index is 13.4. The number of hydrogen-bond acceptors (Lipinski definition) is 4. The highest BCUT2D eigenvalue weighted by Gasteiger charge is 2.22. The second kappa shape index (κ2) is 5.81. The van der Waals surface area contributed by atoms with Crippen LogP contribution in [0.15, 0.2) is 24.5 Å². The molecule has 0 aliphatic heterocycles. The molecule has 1 aromatic carbocycles. The molecular weight excluding hydrogens is 259 g/mol. The van der Waals surface area contributed by atoms with Gasteiger partial charge in [0.15, 0.2) is 0 Å². The van der Waals surface area contributed by atoms with E-state index in [1.807, 2.05) is 13.8 Å². The van der Waals surface area contributed by atoms with Crippen LogP contribution in [0.3, 0.4) is 0 Å². The zero-order valence-corrected chi connectivity index (χ0v) is 11.4. The molecule has 1 aromatic heterocycles. The summed E-state index contributed by atoms with van der Waals surface area (Å²) in [5.74, 6) is -0.373. The van der Waals surface area contributed by atoms with Crippen molar-refractivity contribution in [2.75, 3.05) is 5.32 Å². The summed E-state index contributed by atoms with van der Waals surface area (Å²) in [5.41, 5.74) is 6.02. The van der Waals surface area contributed by atoms with Crippen LogP contribution in [0.2, 0.25) is 0 Å². The largest absolute Gasteiger partial charge is 0.368 e. The number of halogens is 1. The molecular formula is C14H17FN4O. The van der Waals surface area contributed by atoms with Crippen molar-refractivity contribution in [1.82, 2.24) is 9.97 Å². The summed E-state index contributed by atoms with van der Waals surface area (Å²) in [6.45, 7) is 3.90. The lowest BCUT2D eigenvalue weighted by Gasteiger charge is -2.22. The van der Waals surface area contributed by atoms with E-state index in [2.05, 4.69) is 15.3 Å². The summed E-state index contributed by atoms with van der Waals surface area (Å²) in [6.07, 6.45) is 2.16. The predicted octanol–water partition coefficient (Wildman–Crippen LogP) is 2.08. The van der Waals surface area contributed by atoms with Crippen molar-refractivity contribution < 1.29 is 9.18 Å². The van der Waals surface area contributed by atoms with Crippen LogP contribution < -0.4 is 11.1 Å². The van der Waals surface area contributed by atoms with Crippen molar-refractivity contribution in [2.45, 2.75) is 26.3 Å². The highest BCUT2D eigenvalue weighted by molar-refractivity contribution is 5.91. The second-order valence-corrected chi connectivity index (χ2v) is 4.79. The lowest BCUT2D eigenvalue weighted by Crippen LogP contribution is -2.40. The molecule has 1 amide bonds. The van der Waals surface area contributed by atoms with Gasteiger partial charge in [0, 0.05) is 5.39 Å². The van der Waals surface area contributed by atoms with Crippen LogP contribution in [0, 0.1) is 11.7 Å². The lowest BCUT2D eigenvalue weighted by molar-refractivity contribution is -0.119. The van der Waals surface area contributed by atoms with E-state index in [-0.39, 0.29) is 11.7 Å². The maximum atomic E-state index is 13.4. The van der Waals surface area contributed by atoms with Gasteiger partial charge in [0.05, 0.1) is 5.52 Å². The van der Waals surface area contributed by atoms with Crippen LogP contribution in [0.4, 0.5) is 10.2 Å². The summed E-state index contributed by atoms with van der Waals surface area (Å²) in [4.78, 5) is 19.7. The Kier molecular flexibility index (Phi) is 4.12. The Labute approximate surface area is 116 Å². The first kappa shape index (κ1) is 14.2. The predicted molar refractivity (Wildman–Crippen MR) is 75.6 cm³/mol. The number of aromatic nitrogens is 2.